The molecule has 1 aliphatic rings. The number of benzene rings is 1. The van der Waals surface area contributed by atoms with Gasteiger partial charge < -0.3 is 5.11 Å². The highest BCUT2D eigenvalue weighted by atomic mass is 16.4. The highest BCUT2D eigenvalue weighted by molar-refractivity contribution is 5.95. The van der Waals surface area contributed by atoms with Crippen molar-refractivity contribution in [2.75, 3.05) is 0 Å². The number of hydrogen-bond acceptors (Lipinski definition) is 4. The number of rotatable bonds is 0. The minimum Gasteiger partial charge on any atom is -0.463 e. The Kier molecular flexibility index (Phi) is 2.01. The van der Waals surface area contributed by atoms with Crippen LogP contribution in [0, 0.1) is 0 Å². The van der Waals surface area contributed by atoms with Crippen LogP contribution in [0.1, 0.15) is 11.1 Å². The Bertz CT molecular complexity index is 669. The van der Waals surface area contributed by atoms with Gasteiger partial charge in [-0.25, -0.2) is 4.79 Å². The van der Waals surface area contributed by atoms with E-state index in [9.17, 15) is 4.79 Å². The van der Waals surface area contributed by atoms with Gasteiger partial charge in [0.2, 0.25) is 0 Å². The predicted octanol–water partition coefficient (Wildman–Crippen LogP) is 1.52. The fourth-order valence-electron chi connectivity index (χ4n) is 1.87. The summed E-state index contributed by atoms with van der Waals surface area (Å²) in [6.07, 6.45) is 4.47. The number of aromatic nitrogens is 2. The van der Waals surface area contributed by atoms with Gasteiger partial charge in [-0.05, 0) is 17.7 Å². The summed E-state index contributed by atoms with van der Waals surface area (Å²) in [5.41, 5.74) is 2.50. The van der Waals surface area contributed by atoms with E-state index in [0.717, 1.165) is 21.2 Å². The highest BCUT2D eigenvalue weighted by Crippen LogP contribution is 2.20. The third-order valence-corrected chi connectivity index (χ3v) is 2.67. The average molecular weight is 228 g/mol. The largest absolute Gasteiger partial charge is 0.463 e. The zero-order chi connectivity index (χ0) is 11.8. The molecule has 2 aromatic rings. The molecular formula is C11H8N4O2. The van der Waals surface area contributed by atoms with Gasteiger partial charge in [0.25, 0.3) is 0 Å². The average Bonchev–Trinajstić information content (AvgIpc) is 2.57. The second-order valence-electron chi connectivity index (χ2n) is 3.70. The molecule has 0 amide bonds. The molecule has 0 spiro atoms. The van der Waals surface area contributed by atoms with Gasteiger partial charge in [-0.2, -0.15) is 20.0 Å². The molecule has 0 unspecified atom stereocenters. The summed E-state index contributed by atoms with van der Waals surface area (Å²) < 4.78 is 0.954. The summed E-state index contributed by atoms with van der Waals surface area (Å²) in [4.78, 5) is 11.0. The van der Waals surface area contributed by atoms with Crippen molar-refractivity contribution in [1.29, 1.82) is 0 Å². The SMILES string of the molecule is O=C(O)n1ncc2cc3c(cc21)C=NN=CC3. The molecule has 0 radical (unpaired) electrons. The molecule has 6 nitrogen and oxygen atoms in total. The zero-order valence-electron chi connectivity index (χ0n) is 8.74. The first kappa shape index (κ1) is 9.71. The Balaban J connectivity index is 2.29. The third-order valence-electron chi connectivity index (χ3n) is 2.67. The molecule has 6 heteroatoms. The first-order valence-corrected chi connectivity index (χ1v) is 5.04. The lowest BCUT2D eigenvalue weighted by Gasteiger charge is -2.02. The molecule has 0 bridgehead atoms. The molecule has 1 N–H and O–H groups in total. The van der Waals surface area contributed by atoms with Crippen LogP contribution in [0.5, 0.6) is 0 Å². The van der Waals surface area contributed by atoms with E-state index < -0.39 is 6.09 Å². The minimum atomic E-state index is -1.10. The van der Waals surface area contributed by atoms with Crippen molar-refractivity contribution < 1.29 is 9.90 Å². The first-order chi connectivity index (χ1) is 8.25. The van der Waals surface area contributed by atoms with E-state index in [1.165, 1.54) is 0 Å². The zero-order valence-corrected chi connectivity index (χ0v) is 8.74. The van der Waals surface area contributed by atoms with E-state index >= 15 is 0 Å². The first-order valence-electron chi connectivity index (χ1n) is 5.04. The van der Waals surface area contributed by atoms with Gasteiger partial charge in [0, 0.05) is 23.6 Å². The van der Waals surface area contributed by atoms with Crippen LogP contribution < -0.4 is 0 Å². The molecule has 1 aromatic heterocycles. The van der Waals surface area contributed by atoms with Crippen LogP contribution in [-0.2, 0) is 6.42 Å². The van der Waals surface area contributed by atoms with Crippen LogP contribution in [0.2, 0.25) is 0 Å². The third kappa shape index (κ3) is 1.50. The molecule has 0 aliphatic carbocycles. The fraction of sp³-hybridized carbons (Fsp3) is 0.0909. The highest BCUT2D eigenvalue weighted by Gasteiger charge is 2.12. The Labute approximate surface area is 95.9 Å². The molecule has 0 saturated carbocycles. The quantitative estimate of drug-likeness (QED) is 0.742. The van der Waals surface area contributed by atoms with Gasteiger partial charge in [0.05, 0.1) is 17.9 Å². The maximum Gasteiger partial charge on any atom is 0.432 e. The topological polar surface area (TPSA) is 79.8 Å². The summed E-state index contributed by atoms with van der Waals surface area (Å²) in [6, 6.07) is 3.68. The smallest absolute Gasteiger partial charge is 0.432 e. The van der Waals surface area contributed by atoms with Crippen molar-refractivity contribution in [1.82, 2.24) is 9.78 Å². The lowest BCUT2D eigenvalue weighted by Crippen LogP contribution is -2.09. The van der Waals surface area contributed by atoms with Crippen LogP contribution >= 0.6 is 0 Å². The Morgan fingerprint density at radius 3 is 3.06 bits per heavy atom. The van der Waals surface area contributed by atoms with Crippen LogP contribution in [-0.4, -0.2) is 33.4 Å². The van der Waals surface area contributed by atoms with E-state index in [2.05, 4.69) is 15.3 Å². The van der Waals surface area contributed by atoms with E-state index in [4.69, 9.17) is 5.11 Å². The Morgan fingerprint density at radius 1 is 1.35 bits per heavy atom. The van der Waals surface area contributed by atoms with Gasteiger partial charge in [-0.1, -0.05) is 0 Å². The lowest BCUT2D eigenvalue weighted by atomic mass is 10.0. The van der Waals surface area contributed by atoms with Crippen LogP contribution in [0.25, 0.3) is 10.9 Å². The fourth-order valence-corrected chi connectivity index (χ4v) is 1.87. The van der Waals surface area contributed by atoms with Gasteiger partial charge in [-0.3, -0.25) is 0 Å². The summed E-state index contributed by atoms with van der Waals surface area (Å²) in [5, 5.41) is 21.3. The van der Waals surface area contributed by atoms with Gasteiger partial charge in [0.1, 0.15) is 0 Å². The summed E-state index contributed by atoms with van der Waals surface area (Å²) in [5.74, 6) is 0. The number of carbonyl (C=O) groups is 1. The van der Waals surface area contributed by atoms with Crippen molar-refractivity contribution >= 4 is 29.4 Å². The number of carboxylic acid groups (broad SMARTS) is 1. The van der Waals surface area contributed by atoms with E-state index in [0.29, 0.717) is 11.9 Å². The molecule has 1 aliphatic heterocycles. The van der Waals surface area contributed by atoms with Crippen molar-refractivity contribution in [2.24, 2.45) is 10.2 Å². The summed E-state index contributed by atoms with van der Waals surface area (Å²) >= 11 is 0. The summed E-state index contributed by atoms with van der Waals surface area (Å²) in [7, 11) is 0. The molecular weight excluding hydrogens is 220 g/mol. The number of nitrogens with zero attached hydrogens (tertiary/aromatic N) is 4. The maximum absolute atomic E-state index is 11.0. The second-order valence-corrected chi connectivity index (χ2v) is 3.70. The van der Waals surface area contributed by atoms with Crippen molar-refractivity contribution in [3.8, 4) is 0 Å². The predicted molar refractivity (Wildman–Crippen MR) is 62.9 cm³/mol. The standard InChI is InChI=1S/C11H8N4O2/c16-11(17)15-10-4-8-5-13-12-2-1-7(8)3-9(10)6-14-15/h2-6H,1H2,(H,16,17). The Morgan fingerprint density at radius 2 is 2.24 bits per heavy atom. The molecule has 3 rings (SSSR count). The van der Waals surface area contributed by atoms with E-state index in [1.807, 2.05) is 6.07 Å². The minimum absolute atomic E-state index is 0.560. The van der Waals surface area contributed by atoms with E-state index in [1.54, 1.807) is 24.7 Å². The van der Waals surface area contributed by atoms with Crippen molar-refractivity contribution in [3.05, 3.63) is 29.5 Å². The normalized spacial score (nSPS) is 13.6. The molecule has 2 heterocycles. The number of fused-ring (bicyclic) bond motifs is 2. The molecule has 84 valence electrons. The van der Waals surface area contributed by atoms with Crippen molar-refractivity contribution in [3.63, 3.8) is 0 Å². The van der Waals surface area contributed by atoms with Crippen molar-refractivity contribution in [2.45, 2.75) is 6.42 Å². The molecule has 1 aromatic carbocycles. The molecule has 0 saturated heterocycles. The molecule has 0 atom stereocenters. The van der Waals surface area contributed by atoms with Gasteiger partial charge in [-0.15, -0.1) is 0 Å². The van der Waals surface area contributed by atoms with Crippen LogP contribution in [0.4, 0.5) is 4.79 Å². The number of hydrogen-bond donors (Lipinski definition) is 1. The van der Waals surface area contributed by atoms with Crippen LogP contribution in [0.15, 0.2) is 28.5 Å². The van der Waals surface area contributed by atoms with Crippen LogP contribution in [0.3, 0.4) is 0 Å². The Hall–Kier alpha value is -2.50. The van der Waals surface area contributed by atoms with Gasteiger partial charge in [0.15, 0.2) is 0 Å². The molecule has 17 heavy (non-hydrogen) atoms. The second kappa shape index (κ2) is 3.51. The maximum atomic E-state index is 11.0. The lowest BCUT2D eigenvalue weighted by molar-refractivity contribution is 0.194. The summed E-state index contributed by atoms with van der Waals surface area (Å²) in [6.45, 7) is 0. The van der Waals surface area contributed by atoms with E-state index in [-0.39, 0.29) is 0 Å². The monoisotopic (exact) mass is 228 g/mol. The van der Waals surface area contributed by atoms with Gasteiger partial charge >= 0.3 is 6.09 Å². The molecule has 0 fully saturated rings.